The van der Waals surface area contributed by atoms with E-state index in [0.717, 1.165) is 18.8 Å². The monoisotopic (exact) mass is 566 g/mol. The Morgan fingerprint density at radius 2 is 0.811 bits per heavy atom. The molecule has 0 aliphatic carbocycles. The van der Waals surface area contributed by atoms with E-state index in [2.05, 4.69) is 0 Å². The fourth-order valence-electron chi connectivity index (χ4n) is 2.17. The number of rotatable bonds is 9. The van der Waals surface area contributed by atoms with Gasteiger partial charge in [-0.15, -0.1) is 0 Å². The van der Waals surface area contributed by atoms with E-state index in [9.17, 15) is 14.4 Å². The van der Waals surface area contributed by atoms with Gasteiger partial charge in [0.1, 0.15) is 55.9 Å². The zero-order valence-electron chi connectivity index (χ0n) is 20.6. The van der Waals surface area contributed by atoms with Crippen molar-refractivity contribution in [1.29, 1.82) is 0 Å². The molecule has 206 valence electrons. The third-order valence-electron chi connectivity index (χ3n) is 3.94. The van der Waals surface area contributed by atoms with Crippen LogP contribution in [0.5, 0.6) is 17.2 Å². The summed E-state index contributed by atoms with van der Waals surface area (Å²) in [6, 6.07) is 3.64. The van der Waals surface area contributed by atoms with Crippen LogP contribution in [0, 0.1) is 0 Å². The molecule has 0 bridgehead atoms. The first-order chi connectivity index (χ1) is 17.2. The predicted octanol–water partition coefficient (Wildman–Crippen LogP) is 2.64. The van der Waals surface area contributed by atoms with E-state index < -0.39 is 16.3 Å². The normalized spacial score (nSPS) is 9.81. The molecule has 0 saturated heterocycles. The topological polar surface area (TPSA) is 179 Å². The standard InChI is InChI=1S/3C8H10O4.Fe/c3*1-2-11-4-6-3-7(9)8(10)5-12-6;/h3*3,5,10H,2,4H2,1H3;. The second-order valence-corrected chi connectivity index (χ2v) is 6.70. The number of aromatic hydroxyl groups is 3. The van der Waals surface area contributed by atoms with E-state index in [1.165, 1.54) is 18.2 Å². The van der Waals surface area contributed by atoms with Crippen LogP contribution < -0.4 is 16.3 Å². The van der Waals surface area contributed by atoms with E-state index >= 15 is 0 Å². The molecule has 0 atom stereocenters. The van der Waals surface area contributed by atoms with Crippen LogP contribution in [0.2, 0.25) is 0 Å². The molecule has 12 nitrogen and oxygen atoms in total. The molecule has 3 rings (SSSR count). The van der Waals surface area contributed by atoms with Gasteiger partial charge in [-0.2, -0.15) is 0 Å². The first-order valence-corrected chi connectivity index (χ1v) is 10.9. The molecule has 0 aliphatic rings. The summed E-state index contributed by atoms with van der Waals surface area (Å²) in [5.41, 5.74) is -1.34. The third-order valence-corrected chi connectivity index (χ3v) is 3.94. The Hall–Kier alpha value is -3.35. The van der Waals surface area contributed by atoms with Gasteiger partial charge in [0, 0.05) is 55.1 Å². The van der Waals surface area contributed by atoms with Crippen molar-refractivity contribution in [3.8, 4) is 17.2 Å². The van der Waals surface area contributed by atoms with E-state index in [1.807, 2.05) is 20.8 Å². The molecule has 0 aromatic carbocycles. The molecule has 13 heteroatoms. The first kappa shape index (κ1) is 33.6. The molecular weight excluding hydrogens is 536 g/mol. The van der Waals surface area contributed by atoms with Gasteiger partial charge in [-0.1, -0.05) is 0 Å². The van der Waals surface area contributed by atoms with Gasteiger partial charge < -0.3 is 42.8 Å². The van der Waals surface area contributed by atoms with E-state index in [0.29, 0.717) is 37.1 Å². The zero-order chi connectivity index (χ0) is 26.9. The van der Waals surface area contributed by atoms with Crippen LogP contribution in [-0.2, 0) is 51.1 Å². The average Bonchev–Trinajstić information content (AvgIpc) is 2.87. The summed E-state index contributed by atoms with van der Waals surface area (Å²) >= 11 is 0. The molecule has 0 spiro atoms. The van der Waals surface area contributed by atoms with Gasteiger partial charge in [-0.05, 0) is 20.8 Å². The van der Waals surface area contributed by atoms with Crippen molar-refractivity contribution in [3.05, 3.63) is 84.9 Å². The first-order valence-electron chi connectivity index (χ1n) is 10.9. The van der Waals surface area contributed by atoms with E-state index in [1.54, 1.807) is 0 Å². The van der Waals surface area contributed by atoms with Crippen LogP contribution in [0.1, 0.15) is 38.1 Å². The summed E-state index contributed by atoms with van der Waals surface area (Å²) in [6.45, 7) is 7.99. The number of hydrogen-bond acceptors (Lipinski definition) is 12. The molecule has 0 saturated carbocycles. The number of ether oxygens (including phenoxy) is 3. The van der Waals surface area contributed by atoms with Crippen molar-refractivity contribution in [3.63, 3.8) is 0 Å². The summed E-state index contributed by atoms with van der Waals surface area (Å²) in [7, 11) is 0. The Labute approximate surface area is 222 Å². The van der Waals surface area contributed by atoms with Gasteiger partial charge in [0.25, 0.3) is 0 Å². The van der Waals surface area contributed by atoms with Gasteiger partial charge in [0.2, 0.25) is 16.3 Å². The maximum atomic E-state index is 10.8. The molecule has 3 aromatic heterocycles. The number of hydrogen-bond donors (Lipinski definition) is 3. The second kappa shape index (κ2) is 18.9. The zero-order valence-corrected chi connectivity index (χ0v) is 21.7. The maximum Gasteiger partial charge on any atom is 0.226 e. The molecule has 0 fully saturated rings. The average molecular weight is 566 g/mol. The molecule has 37 heavy (non-hydrogen) atoms. The minimum atomic E-state index is -0.448. The second-order valence-electron chi connectivity index (χ2n) is 6.70. The maximum absolute atomic E-state index is 10.8. The van der Waals surface area contributed by atoms with Gasteiger partial charge in [0.15, 0.2) is 17.2 Å². The Morgan fingerprint density at radius 3 is 1.00 bits per heavy atom. The SMILES string of the molecule is CCOCc1cc(=O)c(O)co1.CCOCc1cc(=O)c(O)co1.CCOCc1cc(=O)c(O)co1.[Fe]. The summed E-state index contributed by atoms with van der Waals surface area (Å²) in [5, 5.41) is 26.5. The molecule has 0 radical (unpaired) electrons. The van der Waals surface area contributed by atoms with Crippen LogP contribution in [-0.4, -0.2) is 35.1 Å². The van der Waals surface area contributed by atoms with Crippen molar-refractivity contribution >= 4 is 0 Å². The van der Waals surface area contributed by atoms with Crippen LogP contribution in [0.15, 0.2) is 64.6 Å². The Balaban J connectivity index is 0.000000518. The molecule has 3 aromatic rings. The van der Waals surface area contributed by atoms with Crippen molar-refractivity contribution in [1.82, 2.24) is 0 Å². The quantitative estimate of drug-likeness (QED) is 0.323. The molecule has 0 amide bonds. The third kappa shape index (κ3) is 13.5. The van der Waals surface area contributed by atoms with Gasteiger partial charge in [-0.3, -0.25) is 14.4 Å². The molecule has 3 N–H and O–H groups in total. The smallest absolute Gasteiger partial charge is 0.226 e. The van der Waals surface area contributed by atoms with Crippen LogP contribution >= 0.6 is 0 Å². The van der Waals surface area contributed by atoms with Crippen molar-refractivity contribution < 1.29 is 59.9 Å². The van der Waals surface area contributed by atoms with E-state index in [-0.39, 0.29) is 54.1 Å². The van der Waals surface area contributed by atoms with Gasteiger partial charge in [-0.25, -0.2) is 0 Å². The predicted molar refractivity (Wildman–Crippen MR) is 126 cm³/mol. The fraction of sp³-hybridized carbons (Fsp3) is 0.375. The Bertz CT molecular complexity index is 1060. The molecule has 0 aliphatic heterocycles. The summed E-state index contributed by atoms with van der Waals surface area (Å²) in [4.78, 5) is 32.5. The fourth-order valence-corrected chi connectivity index (χ4v) is 2.17. The van der Waals surface area contributed by atoms with Gasteiger partial charge in [0.05, 0.1) is 0 Å². The Kier molecular flexibility index (Phi) is 17.1. The Morgan fingerprint density at radius 1 is 0.568 bits per heavy atom. The largest absolute Gasteiger partial charge is 0.502 e. The van der Waals surface area contributed by atoms with E-state index in [4.69, 9.17) is 42.8 Å². The van der Waals surface area contributed by atoms with Crippen LogP contribution in [0.25, 0.3) is 0 Å². The molecular formula is C24H30FeO12. The van der Waals surface area contributed by atoms with Crippen molar-refractivity contribution in [2.75, 3.05) is 19.8 Å². The van der Waals surface area contributed by atoms with Gasteiger partial charge >= 0.3 is 0 Å². The van der Waals surface area contributed by atoms with Crippen LogP contribution in [0.4, 0.5) is 0 Å². The minimum absolute atomic E-state index is 0. The summed E-state index contributed by atoms with van der Waals surface area (Å²) in [5.74, 6) is 0.111. The van der Waals surface area contributed by atoms with Crippen molar-refractivity contribution in [2.24, 2.45) is 0 Å². The minimum Gasteiger partial charge on any atom is -0.502 e. The molecule has 3 heterocycles. The van der Waals surface area contributed by atoms with Crippen LogP contribution in [0.3, 0.4) is 0 Å². The van der Waals surface area contributed by atoms with Crippen molar-refractivity contribution in [2.45, 2.75) is 40.6 Å². The summed E-state index contributed by atoms with van der Waals surface area (Å²) < 4.78 is 29.6. The summed E-state index contributed by atoms with van der Waals surface area (Å²) in [6.07, 6.45) is 3.03. The molecule has 0 unspecified atom stereocenters.